The van der Waals surface area contributed by atoms with Crippen LogP contribution in [-0.4, -0.2) is 80.3 Å². The Bertz CT molecular complexity index is 8450. The van der Waals surface area contributed by atoms with E-state index in [1.807, 2.05) is 188 Å². The normalized spacial score (nSPS) is 13.5. The molecule has 2 N–H and O–H groups in total. The Kier molecular flexibility index (Phi) is 24.9. The van der Waals surface area contributed by atoms with Gasteiger partial charge in [0.2, 0.25) is 15.9 Å². The highest BCUT2D eigenvalue weighted by Gasteiger charge is 2.55. The topological polar surface area (TPSA) is 214 Å². The molecule has 682 valence electrons. The Morgan fingerprint density at radius 3 is 0.957 bits per heavy atom. The summed E-state index contributed by atoms with van der Waals surface area (Å²) in [7, 11) is -1.88. The molecule has 0 spiro atoms. The van der Waals surface area contributed by atoms with E-state index in [9.17, 15) is 0 Å². The van der Waals surface area contributed by atoms with Crippen LogP contribution in [0.25, 0.3) is 156 Å². The lowest BCUT2D eigenvalue weighted by molar-refractivity contribution is 0.00578. The van der Waals surface area contributed by atoms with Crippen LogP contribution < -0.4 is 10.9 Å². The van der Waals surface area contributed by atoms with E-state index in [-0.39, 0.29) is 23.3 Å². The van der Waals surface area contributed by atoms with E-state index in [0.29, 0.717) is 46.0 Å². The monoisotopic (exact) mass is 1890 g/mol. The second-order valence-electron chi connectivity index (χ2n) is 35.3. The summed E-state index contributed by atoms with van der Waals surface area (Å²) >= 11 is 17.5. The van der Waals surface area contributed by atoms with Gasteiger partial charge in [-0.15, -0.1) is 0 Å². The Balaban J connectivity index is 0.000000112. The first kappa shape index (κ1) is 91.4. The fraction of sp³-hybridized carbons (Fsp3) is 0.0667. The van der Waals surface area contributed by atoms with Crippen molar-refractivity contribution in [3.63, 3.8) is 0 Å². The zero-order valence-electron chi connectivity index (χ0n) is 77.2. The van der Waals surface area contributed by atoms with Crippen LogP contribution in [0.1, 0.15) is 72.2 Å². The van der Waals surface area contributed by atoms with Crippen LogP contribution in [0.2, 0.25) is 15.9 Å². The van der Waals surface area contributed by atoms with Gasteiger partial charge in [0.05, 0.1) is 22.0 Å². The lowest BCUT2D eigenvalue weighted by Crippen LogP contribution is -2.41. The van der Waals surface area contributed by atoms with E-state index in [2.05, 4.69) is 282 Å². The van der Waals surface area contributed by atoms with Crippen molar-refractivity contribution in [1.82, 2.24) is 44.9 Å². The van der Waals surface area contributed by atoms with Crippen LogP contribution >= 0.6 is 34.8 Å². The van der Waals surface area contributed by atoms with Crippen molar-refractivity contribution in [1.29, 1.82) is 0 Å². The third-order valence-electron chi connectivity index (χ3n) is 26.6. The predicted octanol–water partition coefficient (Wildman–Crippen LogP) is 27.8. The quantitative estimate of drug-likeness (QED) is 0.0859. The maximum Gasteiger partial charge on any atom is 0.495 e. The van der Waals surface area contributed by atoms with E-state index >= 15 is 0 Å². The van der Waals surface area contributed by atoms with Crippen LogP contribution in [0.3, 0.4) is 0 Å². The molecule has 1 aliphatic heterocycles. The number of fused-ring (bicyclic) bond motifs is 15. The second kappa shape index (κ2) is 38.4. The summed E-state index contributed by atoms with van der Waals surface area (Å²) < 4.78 is 31.0. The highest BCUT2D eigenvalue weighted by molar-refractivity contribution is 6.64. The number of halogens is 3. The number of furan rings is 3. The number of rotatable bonds is 12. The molecule has 21 heteroatoms. The molecule has 0 unspecified atom stereocenters. The molecule has 0 amide bonds. The van der Waals surface area contributed by atoms with E-state index in [4.69, 9.17) is 82.4 Å². The second-order valence-corrected chi connectivity index (χ2v) is 36.4. The SMILES string of the molecule is CC1(C)OB(c2cccc3c2-c2ccccc2C3(c2ccccc2)c2ccccc2)OC1(C)C.Clc1nc(-c2ccccc2)nc(-c2ccc3c(c2)oc2ccccc23)n1.Clc1nc(Cl)nc(-c2ccccc2)n1.OB(O)c1ccc2c(c1)oc1ccccc12.[CH3-].c1ccc(-c2nc(-c3ccc4c(c3)oc3ccccc34)nc(-c3cccc4c3-c3ccccc3C4(c3ccccc3)c3ccccc3)n2)cc1. The third-order valence-corrected chi connectivity index (χ3v) is 27.1. The first-order chi connectivity index (χ1) is 68.4. The van der Waals surface area contributed by atoms with Gasteiger partial charge in [0.1, 0.15) is 33.5 Å². The molecular weight excluding hydrogens is 1810 g/mol. The van der Waals surface area contributed by atoms with E-state index in [1.165, 1.54) is 61.2 Å². The number of hydrogen-bond acceptors (Lipinski definition) is 16. The number of nitrogens with zero attached hydrogens (tertiary/aromatic N) is 9. The minimum Gasteiger partial charge on any atom is -0.456 e. The fourth-order valence-electron chi connectivity index (χ4n) is 19.6. The van der Waals surface area contributed by atoms with Crippen molar-refractivity contribution >= 4 is 126 Å². The number of aromatic nitrogens is 9. The molecule has 0 atom stereocenters. The Morgan fingerprint density at radius 1 is 0.248 bits per heavy atom. The molecule has 2 aliphatic carbocycles. The van der Waals surface area contributed by atoms with Gasteiger partial charge in [-0.2, -0.15) is 24.9 Å². The molecule has 23 aromatic rings. The van der Waals surface area contributed by atoms with Crippen LogP contribution in [0.15, 0.2) is 438 Å². The zero-order valence-corrected chi connectivity index (χ0v) is 79.4. The van der Waals surface area contributed by atoms with Crippen LogP contribution in [0, 0.1) is 7.43 Å². The van der Waals surface area contributed by atoms with Gasteiger partial charge in [-0.1, -0.05) is 376 Å². The van der Waals surface area contributed by atoms with Gasteiger partial charge in [-0.05, 0) is 189 Å². The van der Waals surface area contributed by atoms with Gasteiger partial charge in [-0.25, -0.2) is 19.9 Å². The van der Waals surface area contributed by atoms with Crippen LogP contribution in [0.4, 0.5) is 0 Å². The predicted molar refractivity (Wildman–Crippen MR) is 568 cm³/mol. The molecule has 1 fully saturated rings. The molecule has 0 saturated carbocycles. The highest BCUT2D eigenvalue weighted by atomic mass is 35.5. The largest absolute Gasteiger partial charge is 0.495 e. The van der Waals surface area contributed by atoms with E-state index in [0.717, 1.165) is 105 Å². The van der Waals surface area contributed by atoms with Crippen molar-refractivity contribution in [3.05, 3.63) is 492 Å². The first-order valence-corrected chi connectivity index (χ1v) is 47.1. The smallest absolute Gasteiger partial charge is 0.456 e. The van der Waals surface area contributed by atoms with Crippen molar-refractivity contribution < 1.29 is 32.6 Å². The van der Waals surface area contributed by atoms with Crippen LogP contribution in [-0.2, 0) is 20.1 Å². The van der Waals surface area contributed by atoms with Crippen molar-refractivity contribution in [2.45, 2.75) is 49.7 Å². The minimum atomic E-state index is -1.46. The maximum atomic E-state index is 9.07. The maximum absolute atomic E-state index is 9.07. The molecule has 0 bridgehead atoms. The minimum absolute atomic E-state index is 0. The van der Waals surface area contributed by atoms with Gasteiger partial charge in [-0.3, -0.25) is 0 Å². The molecule has 7 heterocycles. The van der Waals surface area contributed by atoms with Crippen molar-refractivity contribution in [2.24, 2.45) is 0 Å². The number of para-hydroxylation sites is 3. The summed E-state index contributed by atoms with van der Waals surface area (Å²) in [5.41, 5.74) is 24.7. The molecule has 16 nitrogen and oxygen atoms in total. The Labute approximate surface area is 830 Å². The summed E-state index contributed by atoms with van der Waals surface area (Å²) in [4.78, 5) is 40.2. The van der Waals surface area contributed by atoms with Crippen LogP contribution in [0.5, 0.6) is 0 Å². The average Bonchev–Trinajstić information content (AvgIpc) is 1.53. The molecule has 141 heavy (non-hydrogen) atoms. The summed E-state index contributed by atoms with van der Waals surface area (Å²) in [6, 6.07) is 145. The molecule has 26 rings (SSSR count). The molecule has 3 aliphatic rings. The summed E-state index contributed by atoms with van der Waals surface area (Å²) in [6.45, 7) is 8.45. The number of hydrogen-bond donors (Lipinski definition) is 2. The third kappa shape index (κ3) is 17.1. The summed E-state index contributed by atoms with van der Waals surface area (Å²) in [6.07, 6.45) is 0. The van der Waals surface area contributed by atoms with Crippen molar-refractivity contribution in [2.75, 3.05) is 0 Å². The van der Waals surface area contributed by atoms with Gasteiger partial charge in [0.25, 0.3) is 0 Å². The molecule has 17 aromatic carbocycles. The van der Waals surface area contributed by atoms with Gasteiger partial charge >= 0.3 is 14.2 Å². The molecule has 1 saturated heterocycles. The number of benzene rings is 17. The standard InChI is InChI=1S/C46H29N3O.C31H29BO2.C21H12ClN3O.C12H9BO3.C9H5Cl2N3.CH3/c1-4-15-30(16-5-1)43-47-44(31-27-28-35-34-21-11-13-26-40(34)50-41(35)29-31)49-45(48-43)37-23-14-25-39-42(37)36-22-10-12-24-38(36)46(39,32-17-6-2-7-18-32)33-19-8-3-9-20-33;1-29(2)30(3,4)34-32(33-29)27-21-13-20-26-28(27)24-18-11-12-19-25(24)31(26,22-14-7-5-8-15-22)23-16-9-6-10-17-23;22-21-24-19(13-6-2-1-3-7-13)23-20(25-21)14-10-11-16-15-8-4-5-9-17(15)26-18(16)12-14;14-13(15)8-5-6-10-9-3-1-2-4-11(9)16-12(10)7-8;10-8-12-7(13-9(11)14-8)6-4-2-1-3-5-6;/h1-29H;5-21H,1-4H3;1-12H;1-7,14-15H;1-5H;1H3/q;;;;;-1. The lowest BCUT2D eigenvalue weighted by Gasteiger charge is -2.34. The highest BCUT2D eigenvalue weighted by Crippen LogP contribution is 2.60. The Morgan fingerprint density at radius 2 is 0.539 bits per heavy atom. The van der Waals surface area contributed by atoms with Gasteiger partial charge in [0.15, 0.2) is 34.9 Å². The summed E-state index contributed by atoms with van der Waals surface area (Å²) in [5, 5.41) is 24.8. The van der Waals surface area contributed by atoms with Crippen molar-refractivity contribution in [3.8, 4) is 90.6 Å². The van der Waals surface area contributed by atoms with E-state index < -0.39 is 36.3 Å². The van der Waals surface area contributed by atoms with Gasteiger partial charge in [0, 0.05) is 65.7 Å². The lowest BCUT2D eigenvalue weighted by atomic mass is 9.66. The Hall–Kier alpha value is -16.0. The zero-order chi connectivity index (χ0) is 95.2. The summed E-state index contributed by atoms with van der Waals surface area (Å²) in [5.74, 6) is 3.39. The molecule has 0 radical (unpaired) electrons. The van der Waals surface area contributed by atoms with Gasteiger partial charge < -0.3 is 40.0 Å². The first-order valence-electron chi connectivity index (χ1n) is 46.0. The van der Waals surface area contributed by atoms with E-state index in [1.54, 1.807) is 12.1 Å². The fourth-order valence-corrected chi connectivity index (χ4v) is 20.1. The molecular formula is C120H87B2Cl3N9O7-. The average molecular weight is 1900 g/mol. The molecule has 6 aromatic heterocycles.